The SMILES string of the molecule is NNC(=S)OC(=O)c1ccccc1. The minimum Gasteiger partial charge on any atom is -0.394 e. The minimum absolute atomic E-state index is 0.145. The Morgan fingerprint density at radius 3 is 2.54 bits per heavy atom. The highest BCUT2D eigenvalue weighted by Crippen LogP contribution is 2.00. The summed E-state index contributed by atoms with van der Waals surface area (Å²) in [7, 11) is 0. The molecule has 1 aromatic rings. The molecule has 0 saturated heterocycles. The number of hydrogen-bond acceptors (Lipinski definition) is 4. The van der Waals surface area contributed by atoms with Gasteiger partial charge in [-0.15, -0.1) is 0 Å². The van der Waals surface area contributed by atoms with E-state index in [1.807, 2.05) is 0 Å². The van der Waals surface area contributed by atoms with Crippen molar-refractivity contribution in [3.05, 3.63) is 35.9 Å². The maximum absolute atomic E-state index is 11.2. The average molecular weight is 196 g/mol. The Kier molecular flexibility index (Phi) is 3.36. The minimum atomic E-state index is -0.524. The van der Waals surface area contributed by atoms with Gasteiger partial charge in [0.2, 0.25) is 0 Å². The summed E-state index contributed by atoms with van der Waals surface area (Å²) in [6.07, 6.45) is 0. The monoisotopic (exact) mass is 196 g/mol. The second-order valence-corrected chi connectivity index (χ2v) is 2.56. The maximum Gasteiger partial charge on any atom is 0.345 e. The van der Waals surface area contributed by atoms with E-state index in [0.717, 1.165) is 0 Å². The summed E-state index contributed by atoms with van der Waals surface area (Å²) in [4.78, 5) is 11.2. The van der Waals surface area contributed by atoms with Crippen molar-refractivity contribution in [1.82, 2.24) is 5.43 Å². The molecule has 0 unspecified atom stereocenters. The van der Waals surface area contributed by atoms with Gasteiger partial charge in [-0.2, -0.15) is 0 Å². The first-order chi connectivity index (χ1) is 6.24. The van der Waals surface area contributed by atoms with Crippen LogP contribution in [0.15, 0.2) is 30.3 Å². The molecule has 0 aliphatic rings. The largest absolute Gasteiger partial charge is 0.394 e. The van der Waals surface area contributed by atoms with Gasteiger partial charge in [-0.05, 0) is 24.4 Å². The summed E-state index contributed by atoms with van der Waals surface area (Å²) in [6, 6.07) is 8.52. The molecule has 0 fully saturated rings. The van der Waals surface area contributed by atoms with E-state index in [0.29, 0.717) is 5.56 Å². The van der Waals surface area contributed by atoms with Gasteiger partial charge in [0.05, 0.1) is 5.56 Å². The number of nitrogens with two attached hydrogens (primary N) is 1. The van der Waals surface area contributed by atoms with Gasteiger partial charge in [-0.25, -0.2) is 10.6 Å². The molecule has 0 spiro atoms. The predicted octanol–water partition coefficient (Wildman–Crippen LogP) is 0.592. The number of nitrogens with one attached hydrogen (secondary N) is 1. The van der Waals surface area contributed by atoms with Gasteiger partial charge in [-0.3, -0.25) is 5.43 Å². The van der Waals surface area contributed by atoms with E-state index in [2.05, 4.69) is 22.4 Å². The van der Waals surface area contributed by atoms with E-state index < -0.39 is 5.97 Å². The summed E-state index contributed by atoms with van der Waals surface area (Å²) in [5.74, 6) is 4.41. The van der Waals surface area contributed by atoms with Crippen LogP contribution in [-0.4, -0.2) is 11.1 Å². The number of ether oxygens (including phenoxy) is 1. The number of hydrogen-bond donors (Lipinski definition) is 2. The lowest BCUT2D eigenvalue weighted by Gasteiger charge is -2.03. The second kappa shape index (κ2) is 4.54. The van der Waals surface area contributed by atoms with E-state index in [4.69, 9.17) is 5.84 Å². The predicted molar refractivity (Wildman–Crippen MR) is 51.8 cm³/mol. The van der Waals surface area contributed by atoms with Crippen molar-refractivity contribution in [2.75, 3.05) is 0 Å². The molecule has 0 bridgehead atoms. The lowest BCUT2D eigenvalue weighted by molar-refractivity contribution is 0.0714. The lowest BCUT2D eigenvalue weighted by atomic mass is 10.2. The molecule has 1 aromatic carbocycles. The van der Waals surface area contributed by atoms with Crippen molar-refractivity contribution in [3.8, 4) is 0 Å². The van der Waals surface area contributed by atoms with Crippen LogP contribution >= 0.6 is 12.2 Å². The van der Waals surface area contributed by atoms with Crippen molar-refractivity contribution >= 4 is 23.4 Å². The fourth-order valence-corrected chi connectivity index (χ4v) is 0.823. The molecule has 0 heterocycles. The van der Waals surface area contributed by atoms with Crippen LogP contribution in [0.25, 0.3) is 0 Å². The van der Waals surface area contributed by atoms with Crippen LogP contribution in [0.4, 0.5) is 0 Å². The Morgan fingerprint density at radius 2 is 2.00 bits per heavy atom. The number of carbonyl (C=O) groups is 1. The van der Waals surface area contributed by atoms with Crippen LogP contribution in [0, 0.1) is 0 Å². The molecule has 68 valence electrons. The topological polar surface area (TPSA) is 64.3 Å². The lowest BCUT2D eigenvalue weighted by Crippen LogP contribution is -2.32. The van der Waals surface area contributed by atoms with E-state index in [1.54, 1.807) is 30.3 Å². The maximum atomic E-state index is 11.2. The molecule has 0 atom stereocenters. The molecule has 0 saturated carbocycles. The normalized spacial score (nSPS) is 9.00. The molecule has 4 nitrogen and oxygen atoms in total. The highest BCUT2D eigenvalue weighted by molar-refractivity contribution is 7.80. The molecule has 5 heteroatoms. The fourth-order valence-electron chi connectivity index (χ4n) is 0.747. The number of benzene rings is 1. The molecule has 3 N–H and O–H groups in total. The first kappa shape index (κ1) is 9.63. The first-order valence-corrected chi connectivity index (χ1v) is 3.92. The molecule has 0 radical (unpaired) electrons. The second-order valence-electron chi connectivity index (χ2n) is 2.19. The van der Waals surface area contributed by atoms with E-state index >= 15 is 0 Å². The third-order valence-electron chi connectivity index (χ3n) is 1.31. The Morgan fingerprint density at radius 1 is 1.38 bits per heavy atom. The molecular formula is C8H8N2O2S. The zero-order valence-corrected chi connectivity index (χ0v) is 7.51. The molecule has 0 aliphatic heterocycles. The van der Waals surface area contributed by atoms with Crippen molar-refractivity contribution < 1.29 is 9.53 Å². The smallest absolute Gasteiger partial charge is 0.345 e. The fraction of sp³-hybridized carbons (Fsp3) is 0. The number of carbonyl (C=O) groups excluding carboxylic acids is 1. The molecule has 13 heavy (non-hydrogen) atoms. The van der Waals surface area contributed by atoms with Crippen LogP contribution in [0.2, 0.25) is 0 Å². The van der Waals surface area contributed by atoms with Crippen LogP contribution in [0.5, 0.6) is 0 Å². The summed E-state index contributed by atoms with van der Waals surface area (Å²) in [5.41, 5.74) is 2.48. The molecule has 1 rings (SSSR count). The molecule has 0 amide bonds. The van der Waals surface area contributed by atoms with Gasteiger partial charge in [0.25, 0.3) is 5.17 Å². The van der Waals surface area contributed by atoms with Gasteiger partial charge in [-0.1, -0.05) is 18.2 Å². The highest BCUT2D eigenvalue weighted by atomic mass is 32.1. The molecule has 0 aliphatic carbocycles. The van der Waals surface area contributed by atoms with Crippen LogP contribution in [0.1, 0.15) is 10.4 Å². The van der Waals surface area contributed by atoms with Crippen molar-refractivity contribution in [2.24, 2.45) is 5.84 Å². The van der Waals surface area contributed by atoms with E-state index in [-0.39, 0.29) is 5.17 Å². The van der Waals surface area contributed by atoms with Crippen LogP contribution in [-0.2, 0) is 4.74 Å². The Balaban J connectivity index is 2.65. The summed E-state index contributed by atoms with van der Waals surface area (Å²) < 4.78 is 4.64. The van der Waals surface area contributed by atoms with Crippen molar-refractivity contribution in [2.45, 2.75) is 0 Å². The average Bonchev–Trinajstić information content (AvgIpc) is 2.19. The Bertz CT molecular complexity index is 313. The molecular weight excluding hydrogens is 188 g/mol. The number of thiocarbonyl (C=S) groups is 1. The number of hydrazine groups is 1. The zero-order valence-electron chi connectivity index (χ0n) is 6.69. The number of esters is 1. The first-order valence-electron chi connectivity index (χ1n) is 3.52. The summed E-state index contributed by atoms with van der Waals surface area (Å²) >= 11 is 4.55. The quantitative estimate of drug-likeness (QED) is 0.298. The van der Waals surface area contributed by atoms with Gasteiger partial charge in [0.15, 0.2) is 0 Å². The van der Waals surface area contributed by atoms with Crippen molar-refractivity contribution in [3.63, 3.8) is 0 Å². The van der Waals surface area contributed by atoms with E-state index in [9.17, 15) is 4.79 Å². The van der Waals surface area contributed by atoms with Gasteiger partial charge in [0, 0.05) is 0 Å². The number of rotatable bonds is 1. The van der Waals surface area contributed by atoms with Crippen LogP contribution < -0.4 is 11.3 Å². The Labute approximate surface area is 80.7 Å². The van der Waals surface area contributed by atoms with Gasteiger partial charge >= 0.3 is 5.97 Å². The zero-order chi connectivity index (χ0) is 9.68. The third-order valence-corrected chi connectivity index (χ3v) is 1.51. The van der Waals surface area contributed by atoms with Gasteiger partial charge in [0.1, 0.15) is 0 Å². The standard InChI is InChI=1S/C8H8N2O2S/c9-10-8(13)12-7(11)6-4-2-1-3-5-6/h1-5H,9H2,(H,10,13). The van der Waals surface area contributed by atoms with Gasteiger partial charge < -0.3 is 4.74 Å². The highest BCUT2D eigenvalue weighted by Gasteiger charge is 2.07. The Hall–Kier alpha value is -1.46. The van der Waals surface area contributed by atoms with Crippen LogP contribution in [0.3, 0.4) is 0 Å². The van der Waals surface area contributed by atoms with E-state index in [1.165, 1.54) is 0 Å². The van der Waals surface area contributed by atoms with Crippen molar-refractivity contribution in [1.29, 1.82) is 0 Å². The third kappa shape index (κ3) is 2.81. The molecule has 0 aromatic heterocycles. The summed E-state index contributed by atoms with van der Waals surface area (Å²) in [6.45, 7) is 0. The summed E-state index contributed by atoms with van der Waals surface area (Å²) in [5, 5.41) is -0.145.